The zero-order valence-electron chi connectivity index (χ0n) is 14.8. The number of carbonyl (C=O) groups excluding carboxylic acids is 1. The van der Waals surface area contributed by atoms with Crippen molar-refractivity contribution in [3.63, 3.8) is 0 Å². The summed E-state index contributed by atoms with van der Waals surface area (Å²) in [6.07, 6.45) is 1.27. The van der Waals surface area contributed by atoms with Crippen LogP contribution in [-0.2, 0) is 16.1 Å². The maximum Gasteiger partial charge on any atom is 0.338 e. The van der Waals surface area contributed by atoms with E-state index in [1.54, 1.807) is 12.1 Å². The number of rotatable bonds is 7. The van der Waals surface area contributed by atoms with Crippen LogP contribution >= 0.6 is 0 Å². The first-order valence-electron chi connectivity index (χ1n) is 8.62. The van der Waals surface area contributed by atoms with Crippen LogP contribution in [0.5, 0.6) is 5.75 Å². The van der Waals surface area contributed by atoms with Crippen molar-refractivity contribution in [2.45, 2.75) is 25.5 Å². The number of hydroxylamine groups is 2. The molecule has 0 saturated carbocycles. The van der Waals surface area contributed by atoms with Gasteiger partial charge >= 0.3 is 11.9 Å². The van der Waals surface area contributed by atoms with E-state index >= 15 is 0 Å². The highest BCUT2D eigenvalue weighted by Crippen LogP contribution is 2.22. The lowest BCUT2D eigenvalue weighted by Crippen LogP contribution is -2.38. The Labute approximate surface area is 160 Å². The molecule has 0 aromatic heterocycles. The summed E-state index contributed by atoms with van der Waals surface area (Å²) in [5, 5.41) is 21.2. The van der Waals surface area contributed by atoms with E-state index < -0.39 is 22.9 Å². The molecule has 28 heavy (non-hydrogen) atoms. The van der Waals surface area contributed by atoms with Gasteiger partial charge in [-0.05, 0) is 54.8 Å². The average molecular weight is 386 g/mol. The van der Waals surface area contributed by atoms with Gasteiger partial charge in [-0.2, -0.15) is 0 Å². The Hall–Kier alpha value is -3.46. The van der Waals surface area contributed by atoms with Gasteiger partial charge < -0.3 is 14.7 Å². The van der Waals surface area contributed by atoms with Crippen molar-refractivity contribution in [3.8, 4) is 5.75 Å². The molecule has 1 atom stereocenters. The van der Waals surface area contributed by atoms with Gasteiger partial charge in [-0.3, -0.25) is 14.9 Å². The van der Waals surface area contributed by atoms with E-state index in [2.05, 4.69) is 0 Å². The highest BCUT2D eigenvalue weighted by atomic mass is 16.7. The molecule has 1 N–H and O–H groups in total. The molecule has 1 fully saturated rings. The van der Waals surface area contributed by atoms with Crippen LogP contribution in [0, 0.1) is 10.1 Å². The van der Waals surface area contributed by atoms with Gasteiger partial charge in [-0.15, -0.1) is 5.06 Å². The Morgan fingerprint density at radius 1 is 1.14 bits per heavy atom. The fraction of sp³-hybridized carbons (Fsp3) is 0.263. The lowest BCUT2D eigenvalue weighted by molar-refractivity contribution is -0.384. The third-order valence-electron chi connectivity index (χ3n) is 4.32. The minimum atomic E-state index is -0.927. The van der Waals surface area contributed by atoms with Gasteiger partial charge in [0.25, 0.3) is 5.69 Å². The molecule has 3 rings (SSSR count). The second-order valence-electron chi connectivity index (χ2n) is 6.25. The summed E-state index contributed by atoms with van der Waals surface area (Å²) in [6, 6.07) is 11.3. The minimum Gasteiger partial charge on any atom is -0.480 e. The van der Waals surface area contributed by atoms with Crippen molar-refractivity contribution in [1.82, 2.24) is 5.06 Å². The van der Waals surface area contributed by atoms with Crippen LogP contribution in [-0.4, -0.2) is 39.6 Å². The topological polar surface area (TPSA) is 119 Å². The van der Waals surface area contributed by atoms with E-state index in [0.717, 1.165) is 6.42 Å². The monoisotopic (exact) mass is 386 g/mol. The summed E-state index contributed by atoms with van der Waals surface area (Å²) in [7, 11) is 0. The number of nitrogens with zero attached hydrogens (tertiary/aromatic N) is 2. The zero-order valence-corrected chi connectivity index (χ0v) is 14.8. The number of ether oxygens (including phenoxy) is 1. The molecule has 2 aromatic carbocycles. The van der Waals surface area contributed by atoms with Crippen LogP contribution in [0.15, 0.2) is 48.5 Å². The molecule has 146 valence electrons. The first-order valence-corrected chi connectivity index (χ1v) is 8.62. The smallest absolute Gasteiger partial charge is 0.338 e. The number of hydrogen-bond donors (Lipinski definition) is 1. The maximum absolute atomic E-state index is 12.1. The Balaban J connectivity index is 1.54. The first-order chi connectivity index (χ1) is 13.4. The summed E-state index contributed by atoms with van der Waals surface area (Å²) in [5.74, 6) is -1.04. The van der Waals surface area contributed by atoms with Crippen LogP contribution in [0.3, 0.4) is 0 Å². The molecule has 0 radical (unpaired) electrons. The van der Waals surface area contributed by atoms with Crippen molar-refractivity contribution >= 4 is 17.6 Å². The molecule has 0 amide bonds. The number of benzene rings is 2. The number of hydrogen-bond acceptors (Lipinski definition) is 7. The SMILES string of the molecule is O=C(OCc1ccc([N+](=O)[O-])cc1)c1ccc(ON2CCC[C@H]2C(=O)O)cc1. The van der Waals surface area contributed by atoms with Crippen molar-refractivity contribution in [2.75, 3.05) is 6.54 Å². The molecule has 0 bridgehead atoms. The van der Waals surface area contributed by atoms with E-state index in [0.29, 0.717) is 29.8 Å². The molecule has 9 nitrogen and oxygen atoms in total. The molecule has 1 saturated heterocycles. The number of carboxylic acids is 1. The third kappa shape index (κ3) is 4.63. The van der Waals surface area contributed by atoms with Gasteiger partial charge in [0.15, 0.2) is 0 Å². The fourth-order valence-electron chi connectivity index (χ4n) is 2.83. The van der Waals surface area contributed by atoms with E-state index in [1.165, 1.54) is 41.5 Å². The number of nitro benzene ring substituents is 1. The third-order valence-corrected chi connectivity index (χ3v) is 4.32. The number of carboxylic acid groups (broad SMARTS) is 1. The van der Waals surface area contributed by atoms with Gasteiger partial charge in [0, 0.05) is 18.7 Å². The predicted octanol–water partition coefficient (Wildman–Crippen LogP) is 2.79. The normalized spacial score (nSPS) is 16.5. The molecular weight excluding hydrogens is 368 g/mol. The van der Waals surface area contributed by atoms with Gasteiger partial charge in [0.1, 0.15) is 18.4 Å². The first kappa shape index (κ1) is 19.3. The van der Waals surface area contributed by atoms with Crippen LogP contribution in [0.1, 0.15) is 28.8 Å². The molecule has 2 aromatic rings. The van der Waals surface area contributed by atoms with Gasteiger partial charge in [0.05, 0.1) is 10.5 Å². The predicted molar refractivity (Wildman–Crippen MR) is 96.6 cm³/mol. The van der Waals surface area contributed by atoms with E-state index in [-0.39, 0.29) is 12.3 Å². The summed E-state index contributed by atoms with van der Waals surface area (Å²) in [5.41, 5.74) is 0.909. The number of non-ortho nitro benzene ring substituents is 1. The molecule has 1 heterocycles. The highest BCUT2D eigenvalue weighted by molar-refractivity contribution is 5.89. The summed E-state index contributed by atoms with van der Waals surface area (Å²) >= 11 is 0. The zero-order chi connectivity index (χ0) is 20.1. The van der Waals surface area contributed by atoms with Crippen LogP contribution in [0.4, 0.5) is 5.69 Å². The summed E-state index contributed by atoms with van der Waals surface area (Å²) in [6.45, 7) is 0.513. The minimum absolute atomic E-state index is 0.0108. The number of carbonyl (C=O) groups is 2. The number of nitro groups is 1. The van der Waals surface area contributed by atoms with Crippen LogP contribution in [0.25, 0.3) is 0 Å². The van der Waals surface area contributed by atoms with E-state index in [9.17, 15) is 19.7 Å². The molecule has 1 aliphatic rings. The molecular formula is C19H18N2O7. The lowest BCUT2D eigenvalue weighted by Gasteiger charge is -2.21. The molecule has 0 unspecified atom stereocenters. The Kier molecular flexibility index (Phi) is 5.85. The summed E-state index contributed by atoms with van der Waals surface area (Å²) < 4.78 is 5.20. The van der Waals surface area contributed by atoms with Crippen molar-refractivity contribution in [1.29, 1.82) is 0 Å². The highest BCUT2D eigenvalue weighted by Gasteiger charge is 2.32. The summed E-state index contributed by atoms with van der Waals surface area (Å²) in [4.78, 5) is 39.0. The Bertz CT molecular complexity index is 865. The van der Waals surface area contributed by atoms with Crippen molar-refractivity contribution in [3.05, 3.63) is 69.8 Å². The second kappa shape index (κ2) is 8.49. The van der Waals surface area contributed by atoms with Crippen molar-refractivity contribution in [2.24, 2.45) is 0 Å². The van der Waals surface area contributed by atoms with E-state index in [1.807, 2.05) is 0 Å². The molecule has 0 spiro atoms. The maximum atomic E-state index is 12.1. The van der Waals surface area contributed by atoms with Gasteiger partial charge in [0.2, 0.25) is 0 Å². The number of esters is 1. The van der Waals surface area contributed by atoms with Gasteiger partial charge in [-0.25, -0.2) is 4.79 Å². The molecule has 1 aliphatic heterocycles. The fourth-order valence-corrected chi connectivity index (χ4v) is 2.83. The second-order valence-corrected chi connectivity index (χ2v) is 6.25. The Morgan fingerprint density at radius 3 is 2.43 bits per heavy atom. The van der Waals surface area contributed by atoms with Crippen LogP contribution in [0.2, 0.25) is 0 Å². The van der Waals surface area contributed by atoms with Crippen molar-refractivity contribution < 1.29 is 29.2 Å². The quantitative estimate of drug-likeness (QED) is 0.438. The van der Waals surface area contributed by atoms with Gasteiger partial charge in [-0.1, -0.05) is 0 Å². The average Bonchev–Trinajstić information content (AvgIpc) is 3.15. The molecule has 9 heteroatoms. The molecule has 0 aliphatic carbocycles. The van der Waals surface area contributed by atoms with Crippen LogP contribution < -0.4 is 4.84 Å². The lowest BCUT2D eigenvalue weighted by atomic mass is 10.2. The van der Waals surface area contributed by atoms with E-state index in [4.69, 9.17) is 14.7 Å². The Morgan fingerprint density at radius 2 is 1.82 bits per heavy atom. The largest absolute Gasteiger partial charge is 0.480 e. The number of aliphatic carboxylic acids is 1. The standard InChI is InChI=1S/C19H18N2O7/c22-18(23)17-2-1-11-20(17)28-16-9-5-14(6-10-16)19(24)27-12-13-3-7-15(8-4-13)21(25)26/h3-10,17H,1-2,11-12H2,(H,22,23)/t17-/m0/s1.